The zero-order valence-corrected chi connectivity index (χ0v) is 7.36. The van der Waals surface area contributed by atoms with Crippen LogP contribution in [0.5, 0.6) is 0 Å². The number of halogens is 1. The van der Waals surface area contributed by atoms with Gasteiger partial charge >= 0.3 is 0 Å². The van der Waals surface area contributed by atoms with Gasteiger partial charge in [0.05, 0.1) is 0 Å². The van der Waals surface area contributed by atoms with Crippen LogP contribution in [0.4, 0.5) is 5.69 Å². The molecule has 0 saturated heterocycles. The molecule has 0 bridgehead atoms. The maximum Gasteiger partial charge on any atom is 0.0426 e. The molecule has 1 aromatic rings. The van der Waals surface area contributed by atoms with Crippen molar-refractivity contribution in [1.29, 1.82) is 0 Å². The minimum atomic E-state index is 0.711. The van der Waals surface area contributed by atoms with Gasteiger partial charge in [-0.05, 0) is 24.1 Å². The lowest BCUT2D eigenvalue weighted by Gasteiger charge is -2.02. The molecule has 2 N–H and O–H groups in total. The van der Waals surface area contributed by atoms with E-state index in [0.29, 0.717) is 5.02 Å². The highest BCUT2D eigenvalue weighted by molar-refractivity contribution is 6.30. The zero-order valence-electron chi connectivity index (χ0n) is 6.60. The second kappa shape index (κ2) is 3.63. The van der Waals surface area contributed by atoms with E-state index in [0.717, 1.165) is 18.5 Å². The van der Waals surface area contributed by atoms with E-state index in [1.807, 2.05) is 12.1 Å². The Hall–Kier alpha value is -0.690. The van der Waals surface area contributed by atoms with Crippen LogP contribution in [0.1, 0.15) is 18.9 Å². The average molecular weight is 170 g/mol. The fraction of sp³-hybridized carbons (Fsp3) is 0.333. The number of aryl methyl sites for hydroxylation is 1. The van der Waals surface area contributed by atoms with E-state index in [1.165, 1.54) is 5.56 Å². The van der Waals surface area contributed by atoms with Crippen molar-refractivity contribution in [1.82, 2.24) is 0 Å². The van der Waals surface area contributed by atoms with Gasteiger partial charge in [0, 0.05) is 10.7 Å². The quantitative estimate of drug-likeness (QED) is 0.677. The van der Waals surface area contributed by atoms with Gasteiger partial charge in [0.1, 0.15) is 0 Å². The Labute approximate surface area is 72.2 Å². The molecule has 60 valence electrons. The van der Waals surface area contributed by atoms with Gasteiger partial charge in [0.25, 0.3) is 0 Å². The topological polar surface area (TPSA) is 26.0 Å². The Morgan fingerprint density at radius 1 is 1.45 bits per heavy atom. The molecule has 0 aromatic heterocycles. The zero-order chi connectivity index (χ0) is 8.27. The van der Waals surface area contributed by atoms with Crippen LogP contribution < -0.4 is 5.73 Å². The third kappa shape index (κ3) is 2.12. The number of nitrogens with two attached hydrogens (primary N) is 1. The smallest absolute Gasteiger partial charge is 0.0426 e. The van der Waals surface area contributed by atoms with Crippen LogP contribution in [-0.4, -0.2) is 0 Å². The first-order chi connectivity index (χ1) is 5.24. The number of nitrogen functional groups attached to an aromatic ring is 1. The van der Waals surface area contributed by atoms with Crippen molar-refractivity contribution in [2.75, 3.05) is 5.73 Å². The summed E-state index contributed by atoms with van der Waals surface area (Å²) in [5.41, 5.74) is 7.72. The molecule has 1 aromatic carbocycles. The minimum Gasteiger partial charge on any atom is -0.398 e. The molecule has 0 atom stereocenters. The van der Waals surface area contributed by atoms with Gasteiger partial charge in [-0.3, -0.25) is 0 Å². The monoisotopic (exact) mass is 169 g/mol. The molecule has 0 heterocycles. The lowest BCUT2D eigenvalue weighted by molar-refractivity contribution is 0.924. The SMILES string of the molecule is CCCc1ccc(Cl)cc1N. The van der Waals surface area contributed by atoms with E-state index in [4.69, 9.17) is 17.3 Å². The lowest BCUT2D eigenvalue weighted by Crippen LogP contribution is -1.92. The molecule has 1 rings (SSSR count). The Kier molecular flexibility index (Phi) is 2.77. The summed E-state index contributed by atoms with van der Waals surface area (Å²) in [7, 11) is 0. The van der Waals surface area contributed by atoms with Crippen molar-refractivity contribution < 1.29 is 0 Å². The van der Waals surface area contributed by atoms with Crippen LogP contribution in [-0.2, 0) is 6.42 Å². The maximum atomic E-state index is 5.74. The van der Waals surface area contributed by atoms with Crippen LogP contribution >= 0.6 is 11.6 Å². The lowest BCUT2D eigenvalue weighted by atomic mass is 10.1. The number of anilines is 1. The first-order valence-electron chi connectivity index (χ1n) is 3.78. The molecule has 1 nitrogen and oxygen atoms in total. The maximum absolute atomic E-state index is 5.74. The van der Waals surface area contributed by atoms with E-state index < -0.39 is 0 Å². The molecule has 2 heteroatoms. The third-order valence-electron chi connectivity index (χ3n) is 1.63. The molecular weight excluding hydrogens is 158 g/mol. The Morgan fingerprint density at radius 3 is 2.73 bits per heavy atom. The average Bonchev–Trinajstić information content (AvgIpc) is 1.95. The summed E-state index contributed by atoms with van der Waals surface area (Å²) >= 11 is 5.74. The van der Waals surface area contributed by atoms with Crippen molar-refractivity contribution in [3.05, 3.63) is 28.8 Å². The third-order valence-corrected chi connectivity index (χ3v) is 1.86. The van der Waals surface area contributed by atoms with Crippen molar-refractivity contribution in [3.8, 4) is 0 Å². The van der Waals surface area contributed by atoms with Crippen LogP contribution in [0.2, 0.25) is 5.02 Å². The van der Waals surface area contributed by atoms with E-state index in [9.17, 15) is 0 Å². The highest BCUT2D eigenvalue weighted by Crippen LogP contribution is 2.18. The van der Waals surface area contributed by atoms with Gasteiger partial charge in [-0.15, -0.1) is 0 Å². The number of rotatable bonds is 2. The van der Waals surface area contributed by atoms with Gasteiger partial charge < -0.3 is 5.73 Å². The Bertz CT molecular complexity index is 245. The second-order valence-electron chi connectivity index (χ2n) is 2.59. The van der Waals surface area contributed by atoms with E-state index in [2.05, 4.69) is 6.92 Å². The summed E-state index contributed by atoms with van der Waals surface area (Å²) in [5.74, 6) is 0. The first-order valence-corrected chi connectivity index (χ1v) is 4.15. The van der Waals surface area contributed by atoms with E-state index >= 15 is 0 Å². The fourth-order valence-corrected chi connectivity index (χ4v) is 1.24. The van der Waals surface area contributed by atoms with Gasteiger partial charge in [-0.2, -0.15) is 0 Å². The van der Waals surface area contributed by atoms with E-state index in [-0.39, 0.29) is 0 Å². The first kappa shape index (κ1) is 8.41. The highest BCUT2D eigenvalue weighted by atomic mass is 35.5. The van der Waals surface area contributed by atoms with Gasteiger partial charge in [-0.1, -0.05) is 31.0 Å². The summed E-state index contributed by atoms with van der Waals surface area (Å²) in [6.07, 6.45) is 2.15. The van der Waals surface area contributed by atoms with Gasteiger partial charge in [0.15, 0.2) is 0 Å². The van der Waals surface area contributed by atoms with Crippen molar-refractivity contribution >= 4 is 17.3 Å². The molecule has 0 spiro atoms. The number of hydrogen-bond acceptors (Lipinski definition) is 1. The van der Waals surface area contributed by atoms with Crippen molar-refractivity contribution in [3.63, 3.8) is 0 Å². The minimum absolute atomic E-state index is 0.711. The molecule has 0 amide bonds. The van der Waals surface area contributed by atoms with Crippen LogP contribution in [0, 0.1) is 0 Å². The van der Waals surface area contributed by atoms with Crippen LogP contribution in [0.25, 0.3) is 0 Å². The standard InChI is InChI=1S/C9H12ClN/c1-2-3-7-4-5-8(10)6-9(7)11/h4-6H,2-3,11H2,1H3. The molecule has 0 aliphatic rings. The van der Waals surface area contributed by atoms with E-state index in [1.54, 1.807) is 6.07 Å². The largest absolute Gasteiger partial charge is 0.398 e. The number of benzene rings is 1. The fourth-order valence-electron chi connectivity index (χ4n) is 1.06. The van der Waals surface area contributed by atoms with Crippen molar-refractivity contribution in [2.45, 2.75) is 19.8 Å². The van der Waals surface area contributed by atoms with Crippen molar-refractivity contribution in [2.24, 2.45) is 0 Å². The Balaban J connectivity index is 2.90. The van der Waals surface area contributed by atoms with Gasteiger partial charge in [-0.25, -0.2) is 0 Å². The summed E-state index contributed by atoms with van der Waals surface area (Å²) < 4.78 is 0. The molecule has 0 aliphatic heterocycles. The molecule has 0 aliphatic carbocycles. The van der Waals surface area contributed by atoms with Gasteiger partial charge in [0.2, 0.25) is 0 Å². The summed E-state index contributed by atoms with van der Waals surface area (Å²) in [5, 5.41) is 0.711. The summed E-state index contributed by atoms with van der Waals surface area (Å²) in [6, 6.07) is 5.66. The highest BCUT2D eigenvalue weighted by Gasteiger charge is 1.97. The molecule has 0 fully saturated rings. The predicted octanol–water partition coefficient (Wildman–Crippen LogP) is 2.87. The molecule has 0 saturated carbocycles. The molecular formula is C9H12ClN. The van der Waals surface area contributed by atoms with Crippen LogP contribution in [0.3, 0.4) is 0 Å². The molecule has 0 unspecified atom stereocenters. The van der Waals surface area contributed by atoms with Crippen LogP contribution in [0.15, 0.2) is 18.2 Å². The summed E-state index contributed by atoms with van der Waals surface area (Å²) in [4.78, 5) is 0. The molecule has 11 heavy (non-hydrogen) atoms. The second-order valence-corrected chi connectivity index (χ2v) is 3.03. The predicted molar refractivity (Wildman–Crippen MR) is 49.9 cm³/mol. The molecule has 0 radical (unpaired) electrons. The Morgan fingerprint density at radius 2 is 2.18 bits per heavy atom. The normalized spacial score (nSPS) is 10.0. The number of hydrogen-bond donors (Lipinski definition) is 1. The summed E-state index contributed by atoms with van der Waals surface area (Å²) in [6.45, 7) is 2.13.